The van der Waals surface area contributed by atoms with Gasteiger partial charge in [-0.2, -0.15) is 0 Å². The van der Waals surface area contributed by atoms with Crippen molar-refractivity contribution in [1.29, 1.82) is 0 Å². The van der Waals surface area contributed by atoms with Gasteiger partial charge in [0.1, 0.15) is 34.5 Å². The van der Waals surface area contributed by atoms with E-state index in [0.717, 1.165) is 11.1 Å². The van der Waals surface area contributed by atoms with Gasteiger partial charge in [0.15, 0.2) is 0 Å². The average molecular weight is 777 g/mol. The summed E-state index contributed by atoms with van der Waals surface area (Å²) in [6, 6.07) is 51.0. The van der Waals surface area contributed by atoms with Gasteiger partial charge in [0.2, 0.25) is 10.7 Å². The van der Waals surface area contributed by atoms with Crippen LogP contribution >= 0.6 is 15.2 Å². The molecule has 0 heterocycles. The molecule has 0 aliphatic heterocycles. The van der Waals surface area contributed by atoms with Crippen LogP contribution in [0.25, 0.3) is 0 Å². The highest BCUT2D eigenvalue weighted by molar-refractivity contribution is 7.56. The van der Waals surface area contributed by atoms with Crippen molar-refractivity contribution in [3.05, 3.63) is 181 Å². The number of benzene rings is 6. The lowest BCUT2D eigenvalue weighted by molar-refractivity contribution is 0.157. The molecule has 0 aromatic heterocycles. The van der Waals surface area contributed by atoms with E-state index < -0.39 is 31.3 Å². The van der Waals surface area contributed by atoms with E-state index in [-0.39, 0.29) is 0 Å². The van der Waals surface area contributed by atoms with Gasteiger partial charge in [-0.3, -0.25) is 0 Å². The predicted molar refractivity (Wildman–Crippen MR) is 218 cm³/mol. The molecule has 0 saturated heterocycles. The summed E-state index contributed by atoms with van der Waals surface area (Å²) in [6.07, 6.45) is 0. The maximum absolute atomic E-state index is 14.6. The van der Waals surface area contributed by atoms with E-state index in [0.29, 0.717) is 34.5 Å². The van der Waals surface area contributed by atoms with Crippen molar-refractivity contribution in [3.8, 4) is 34.5 Å². The lowest BCUT2D eigenvalue weighted by Crippen LogP contribution is -2.33. The number of hydrogen-bond donors (Lipinski definition) is 0. The van der Waals surface area contributed by atoms with Gasteiger partial charge in [-0.15, -0.1) is 0 Å². The molecule has 0 aliphatic carbocycles. The first-order valence-electron chi connectivity index (χ1n) is 18.0. The number of hydrogen-bond acceptors (Lipinski definition) is 8. The highest BCUT2D eigenvalue weighted by atomic mass is 31.2. The summed E-state index contributed by atoms with van der Waals surface area (Å²) in [7, 11) is -7.96. The molecule has 0 N–H and O–H groups in total. The fourth-order valence-corrected chi connectivity index (χ4v) is 8.68. The molecule has 0 aliphatic rings. The molecule has 6 aromatic rings. The van der Waals surface area contributed by atoms with Gasteiger partial charge >= 0.3 is 15.2 Å². The zero-order chi connectivity index (χ0) is 39.2. The minimum Gasteiger partial charge on any atom is -0.473 e. The molecule has 0 amide bonds. The maximum Gasteiger partial charge on any atom is 0.473 e. The fourth-order valence-electron chi connectivity index (χ4n) is 5.69. The molecule has 1 atom stereocenters. The summed E-state index contributed by atoms with van der Waals surface area (Å²) >= 11 is 0. The van der Waals surface area contributed by atoms with Crippen LogP contribution in [0.3, 0.4) is 0 Å². The molecular weight excluding hydrogens is 730 g/mol. The summed E-state index contributed by atoms with van der Waals surface area (Å²) in [5.41, 5.74) is 1.55. The Balaban J connectivity index is 1.20. The molecule has 0 radical (unpaired) electrons. The number of rotatable bonds is 16. The predicted octanol–water partition coefficient (Wildman–Crippen LogP) is 12.9. The molecular formula is C45H46O8P2. The molecule has 6 rings (SSSR count). The summed E-state index contributed by atoms with van der Waals surface area (Å²) in [4.78, 5) is 0. The molecule has 0 fully saturated rings. The van der Waals surface area contributed by atoms with E-state index in [4.69, 9.17) is 27.6 Å². The maximum atomic E-state index is 14.6. The molecule has 0 bridgehead atoms. The first kappa shape index (κ1) is 39.3. The summed E-state index contributed by atoms with van der Waals surface area (Å²) < 4.78 is 66.2. The third-order valence-corrected chi connectivity index (χ3v) is 13.7. The molecule has 0 saturated carbocycles. The van der Waals surface area contributed by atoms with Crippen LogP contribution in [0.15, 0.2) is 170 Å². The van der Waals surface area contributed by atoms with Crippen LogP contribution in [0.2, 0.25) is 0 Å². The first-order chi connectivity index (χ1) is 26.2. The first-order valence-corrected chi connectivity index (χ1v) is 21.0. The molecule has 1 unspecified atom stereocenters. The third kappa shape index (κ3) is 9.28. The Hall–Kier alpha value is -5.42. The largest absolute Gasteiger partial charge is 0.473 e. The van der Waals surface area contributed by atoms with Crippen LogP contribution < -0.4 is 27.6 Å². The van der Waals surface area contributed by atoms with Crippen LogP contribution in [-0.2, 0) is 14.5 Å². The van der Waals surface area contributed by atoms with Crippen molar-refractivity contribution in [2.45, 2.75) is 57.6 Å². The SMILES string of the molecule is CC(C)(c1ccc(OC(C)(C)P(=O)(Oc2ccccc2)Oc2ccccc2)cc1)c1ccc(OP(=O)(Oc2ccccc2)C(C)(C)Oc2ccccc2)cc1. The highest BCUT2D eigenvalue weighted by Crippen LogP contribution is 2.60. The van der Waals surface area contributed by atoms with Crippen LogP contribution in [0.4, 0.5) is 0 Å². The Morgan fingerprint density at radius 1 is 0.327 bits per heavy atom. The molecule has 0 spiro atoms. The van der Waals surface area contributed by atoms with Crippen molar-refractivity contribution in [1.82, 2.24) is 0 Å². The van der Waals surface area contributed by atoms with Crippen molar-refractivity contribution >= 4 is 15.2 Å². The lowest BCUT2D eigenvalue weighted by atomic mass is 9.78. The van der Waals surface area contributed by atoms with Crippen LogP contribution in [0, 0.1) is 0 Å². The normalized spacial score (nSPS) is 13.2. The average Bonchev–Trinajstić information content (AvgIpc) is 3.16. The minimum absolute atomic E-state index is 0.370. The van der Waals surface area contributed by atoms with Gasteiger partial charge in [-0.05, 0) is 112 Å². The lowest BCUT2D eigenvalue weighted by Gasteiger charge is -2.34. The van der Waals surface area contributed by atoms with Crippen molar-refractivity contribution in [3.63, 3.8) is 0 Å². The van der Waals surface area contributed by atoms with E-state index in [2.05, 4.69) is 13.8 Å². The Bertz CT molecular complexity index is 2180. The van der Waals surface area contributed by atoms with Crippen molar-refractivity contribution in [2.75, 3.05) is 0 Å². The Kier molecular flexibility index (Phi) is 11.5. The number of para-hydroxylation sites is 4. The highest BCUT2D eigenvalue weighted by Gasteiger charge is 2.51. The van der Waals surface area contributed by atoms with Crippen LogP contribution in [0.5, 0.6) is 34.5 Å². The second-order valence-corrected chi connectivity index (χ2v) is 19.3. The summed E-state index contributed by atoms with van der Waals surface area (Å²) in [6.45, 7) is 11.0. The zero-order valence-corrected chi connectivity index (χ0v) is 33.6. The van der Waals surface area contributed by atoms with Gasteiger partial charge in [0.05, 0.1) is 0 Å². The van der Waals surface area contributed by atoms with E-state index in [9.17, 15) is 9.13 Å². The smallest absolute Gasteiger partial charge is 0.473 e. The second kappa shape index (κ2) is 16.1. The second-order valence-electron chi connectivity index (χ2n) is 14.4. The molecule has 284 valence electrons. The standard InChI is InChI=1S/C45H46O8P2/c1-43(2,35-27-31-38(32-28-35)49-45(5,6)54(46,50-39-21-13-8-14-22-39)51-40-23-15-9-16-24-40)36-29-33-42(34-30-36)53-55(47,52-41-25-17-10-18-26-41)44(3,4)48-37-19-11-7-12-20-37/h7-34H,1-6H3. The topological polar surface area (TPSA) is 89.5 Å². The van der Waals surface area contributed by atoms with Gasteiger partial charge in [-0.1, -0.05) is 111 Å². The van der Waals surface area contributed by atoms with E-state index in [1.54, 1.807) is 125 Å². The van der Waals surface area contributed by atoms with E-state index in [1.807, 2.05) is 72.8 Å². The molecule has 10 heteroatoms. The summed E-state index contributed by atoms with van der Waals surface area (Å²) in [5.74, 6) is 2.62. The van der Waals surface area contributed by atoms with Gasteiger partial charge in [-0.25, -0.2) is 9.13 Å². The minimum atomic E-state index is -3.99. The Morgan fingerprint density at radius 3 is 0.873 bits per heavy atom. The Labute approximate surface area is 324 Å². The zero-order valence-electron chi connectivity index (χ0n) is 31.8. The van der Waals surface area contributed by atoms with Gasteiger partial charge in [0.25, 0.3) is 0 Å². The molecule has 8 nitrogen and oxygen atoms in total. The summed E-state index contributed by atoms with van der Waals surface area (Å²) in [5, 5.41) is -2.73. The van der Waals surface area contributed by atoms with Gasteiger partial charge in [0, 0.05) is 5.41 Å². The van der Waals surface area contributed by atoms with E-state index in [1.165, 1.54) is 0 Å². The van der Waals surface area contributed by atoms with Gasteiger partial charge < -0.3 is 27.6 Å². The number of ether oxygens (including phenoxy) is 2. The van der Waals surface area contributed by atoms with Crippen LogP contribution in [0.1, 0.15) is 52.7 Å². The molecule has 55 heavy (non-hydrogen) atoms. The third-order valence-electron chi connectivity index (χ3n) is 9.08. The Morgan fingerprint density at radius 2 is 0.564 bits per heavy atom. The van der Waals surface area contributed by atoms with Crippen molar-refractivity contribution in [2.24, 2.45) is 0 Å². The quantitative estimate of drug-likeness (QED) is 0.0898. The molecule has 6 aromatic carbocycles. The van der Waals surface area contributed by atoms with Crippen molar-refractivity contribution < 1.29 is 36.7 Å². The van der Waals surface area contributed by atoms with Crippen LogP contribution in [-0.4, -0.2) is 10.7 Å². The van der Waals surface area contributed by atoms with E-state index >= 15 is 0 Å². The monoisotopic (exact) mass is 776 g/mol. The fraction of sp³-hybridized carbons (Fsp3) is 0.200.